The Kier molecular flexibility index (Phi) is 10.9. The van der Waals surface area contributed by atoms with Gasteiger partial charge in [-0.05, 0) is 65.9 Å². The Morgan fingerprint density at radius 2 is 1.28 bits per heavy atom. The van der Waals surface area contributed by atoms with E-state index in [0.29, 0.717) is 6.61 Å². The number of carbonyl (C=O) groups excluding carboxylic acids is 1. The van der Waals surface area contributed by atoms with Gasteiger partial charge in [-0.15, -0.1) is 0 Å². The van der Waals surface area contributed by atoms with Gasteiger partial charge in [0.15, 0.2) is 11.6 Å². The maximum Gasteiger partial charge on any atom is 0.261 e. The van der Waals surface area contributed by atoms with E-state index in [1.54, 1.807) is 0 Å². The summed E-state index contributed by atoms with van der Waals surface area (Å²) in [4.78, 5) is 13.9. The molecule has 10 atom stereocenters. The van der Waals surface area contributed by atoms with Crippen LogP contribution in [-0.2, 0) is 23.4 Å². The van der Waals surface area contributed by atoms with Crippen LogP contribution in [0.5, 0.6) is 0 Å². The van der Waals surface area contributed by atoms with Crippen LogP contribution in [0.3, 0.4) is 0 Å². The van der Waals surface area contributed by atoms with Gasteiger partial charge < -0.3 is 28.8 Å². The van der Waals surface area contributed by atoms with Crippen molar-refractivity contribution in [2.75, 3.05) is 6.61 Å². The smallest absolute Gasteiger partial charge is 0.261 e. The standard InChI is InChI=1S/C45H62O7Si2/c1-30-36(39-40(48)37(46)29-38(47)45(39)42(52-45)41(30)53(7,8)33-18-12-9-13-19-33)25-24-31-28-32(51-44(5,6)50-31)26-27-49-54(43(2,3)4,34-20-14-10-15-21-34)35-22-16-11-17-23-35/h9-23,30-32,36-39,41-42,46-47H,24-29H2,1-8H3/t30-,31-,32+,36+,37?,38-,39+,41-,42?,45?/m1/s1. The number of carbonyl (C=O) groups is 1. The average molecular weight is 771 g/mol. The Bertz CT molecular complexity index is 1710. The first-order valence-electron chi connectivity index (χ1n) is 20.3. The highest BCUT2D eigenvalue weighted by molar-refractivity contribution is 6.99. The number of ether oxygens (including phenoxy) is 3. The Balaban J connectivity index is 1.10. The monoisotopic (exact) mass is 770 g/mol. The number of Topliss-reactive ketones (excluding diaryl/α,β-unsaturated/α-hetero) is 1. The number of hydrogen-bond donors (Lipinski definition) is 2. The third-order valence-electron chi connectivity index (χ3n) is 13.6. The zero-order valence-corrected chi connectivity index (χ0v) is 35.5. The Labute approximate surface area is 324 Å². The first-order valence-corrected chi connectivity index (χ1v) is 25.3. The van der Waals surface area contributed by atoms with Crippen molar-refractivity contribution in [3.05, 3.63) is 91.0 Å². The summed E-state index contributed by atoms with van der Waals surface area (Å²) in [6, 6.07) is 32.2. The van der Waals surface area contributed by atoms with Crippen LogP contribution in [0.2, 0.25) is 23.7 Å². The molecule has 4 fully saturated rings. The molecule has 2 aliphatic carbocycles. The molecular weight excluding hydrogens is 709 g/mol. The zero-order valence-electron chi connectivity index (χ0n) is 33.5. The van der Waals surface area contributed by atoms with Crippen LogP contribution < -0.4 is 15.6 Å². The third-order valence-corrected chi connectivity index (χ3v) is 22.9. The molecule has 1 spiro atoms. The van der Waals surface area contributed by atoms with Crippen molar-refractivity contribution in [3.8, 4) is 0 Å². The van der Waals surface area contributed by atoms with Crippen molar-refractivity contribution < 1.29 is 33.6 Å². The Morgan fingerprint density at radius 1 is 0.759 bits per heavy atom. The van der Waals surface area contributed by atoms with Gasteiger partial charge in [-0.1, -0.05) is 137 Å². The quantitative estimate of drug-likeness (QED) is 0.174. The molecule has 0 radical (unpaired) electrons. The second-order valence-corrected chi connectivity index (χ2v) is 27.7. The molecule has 2 aliphatic heterocycles. The minimum atomic E-state index is -2.68. The van der Waals surface area contributed by atoms with Crippen LogP contribution in [0, 0.1) is 17.8 Å². The lowest BCUT2D eigenvalue weighted by Gasteiger charge is -2.51. The summed E-state index contributed by atoms with van der Waals surface area (Å²) in [6.07, 6.45) is 0.685. The van der Waals surface area contributed by atoms with Crippen LogP contribution in [0.15, 0.2) is 91.0 Å². The van der Waals surface area contributed by atoms with E-state index < -0.39 is 45.9 Å². The first-order chi connectivity index (χ1) is 25.5. The summed E-state index contributed by atoms with van der Waals surface area (Å²) < 4.78 is 27.1. The molecule has 2 heterocycles. The lowest BCUT2D eigenvalue weighted by atomic mass is 9.58. The normalized spacial score (nSPS) is 33.8. The van der Waals surface area contributed by atoms with Crippen LogP contribution >= 0.6 is 0 Å². The van der Waals surface area contributed by atoms with Gasteiger partial charge in [0.1, 0.15) is 11.7 Å². The molecule has 0 aromatic heterocycles. The third kappa shape index (κ3) is 6.95. The number of aliphatic hydroxyl groups excluding tert-OH is 2. The number of aliphatic hydroxyl groups is 2. The highest BCUT2D eigenvalue weighted by atomic mass is 28.4. The van der Waals surface area contributed by atoms with Crippen molar-refractivity contribution in [2.45, 2.75) is 139 Å². The van der Waals surface area contributed by atoms with Crippen LogP contribution in [0.25, 0.3) is 0 Å². The molecule has 0 bridgehead atoms. The van der Waals surface area contributed by atoms with Gasteiger partial charge in [0.2, 0.25) is 0 Å². The maximum atomic E-state index is 13.9. The number of rotatable bonds is 11. The summed E-state index contributed by atoms with van der Waals surface area (Å²) in [7, 11) is -4.81. The van der Waals surface area contributed by atoms with Gasteiger partial charge in [-0.25, -0.2) is 0 Å². The van der Waals surface area contributed by atoms with Crippen LogP contribution in [0.4, 0.5) is 0 Å². The maximum absolute atomic E-state index is 13.9. The van der Waals surface area contributed by atoms with Crippen molar-refractivity contribution in [2.24, 2.45) is 17.8 Å². The molecule has 7 rings (SSSR count). The lowest BCUT2D eigenvalue weighted by Crippen LogP contribution is -2.66. The highest BCUT2D eigenvalue weighted by Gasteiger charge is 2.78. The molecule has 3 aromatic carbocycles. The minimum Gasteiger partial charge on any atom is -0.407 e. The lowest BCUT2D eigenvalue weighted by molar-refractivity contribution is -0.302. The summed E-state index contributed by atoms with van der Waals surface area (Å²) >= 11 is 0. The molecule has 0 amide bonds. The van der Waals surface area contributed by atoms with Crippen LogP contribution in [0.1, 0.15) is 73.6 Å². The van der Waals surface area contributed by atoms with Gasteiger partial charge in [0, 0.05) is 19.4 Å². The predicted octanol–water partition coefficient (Wildman–Crippen LogP) is 6.34. The summed E-state index contributed by atoms with van der Waals surface area (Å²) in [5.74, 6) is -1.34. The fourth-order valence-electron chi connectivity index (χ4n) is 11.2. The van der Waals surface area contributed by atoms with Gasteiger partial charge >= 0.3 is 0 Å². The second kappa shape index (κ2) is 14.8. The molecule has 54 heavy (non-hydrogen) atoms. The average Bonchev–Trinajstić information content (AvgIpc) is 3.87. The fraction of sp³-hybridized carbons (Fsp3) is 0.578. The minimum absolute atomic E-state index is 0.0435. The molecule has 7 nitrogen and oxygen atoms in total. The summed E-state index contributed by atoms with van der Waals surface area (Å²) in [5.41, 5.74) is -0.689. The van der Waals surface area contributed by atoms with E-state index in [-0.39, 0.29) is 52.9 Å². The SMILES string of the molecule is C[C@@H]1[C@H](CC[C@@H]2C[C@H](CCO[Si](c3ccccc3)(c3ccccc3)C(C)(C)C)OC(C)(C)O2)[C@H]2C(=O)C(O)C[C@@H](O)C23OC3[C@@H]1[Si](C)(C)c1ccccc1. The van der Waals surface area contributed by atoms with E-state index in [9.17, 15) is 15.0 Å². The Hall–Kier alpha value is -2.48. The predicted molar refractivity (Wildman–Crippen MR) is 219 cm³/mol. The van der Waals surface area contributed by atoms with Crippen molar-refractivity contribution in [1.82, 2.24) is 0 Å². The number of hydrogen-bond acceptors (Lipinski definition) is 7. The zero-order chi connectivity index (χ0) is 38.7. The van der Waals surface area contributed by atoms with Gasteiger partial charge in [0.05, 0.1) is 38.4 Å². The number of benzene rings is 3. The molecule has 3 unspecified atom stereocenters. The second-order valence-electron chi connectivity index (χ2n) is 18.7. The van der Waals surface area contributed by atoms with Crippen LogP contribution in [-0.4, -0.2) is 80.9 Å². The Morgan fingerprint density at radius 3 is 1.81 bits per heavy atom. The molecule has 2 N–H and O–H groups in total. The van der Waals surface area contributed by atoms with E-state index in [2.05, 4.69) is 132 Å². The van der Waals surface area contributed by atoms with Gasteiger partial charge in [-0.2, -0.15) is 0 Å². The van der Waals surface area contributed by atoms with Gasteiger partial charge in [-0.3, -0.25) is 4.79 Å². The summed E-state index contributed by atoms with van der Waals surface area (Å²) in [5, 5.41) is 26.2. The largest absolute Gasteiger partial charge is 0.407 e. The van der Waals surface area contributed by atoms with E-state index in [4.69, 9.17) is 18.6 Å². The molecule has 2 saturated heterocycles. The fourth-order valence-corrected chi connectivity index (χ4v) is 19.8. The molecule has 4 aliphatic rings. The van der Waals surface area contributed by atoms with E-state index in [0.717, 1.165) is 25.7 Å². The molecule has 2 saturated carbocycles. The van der Waals surface area contributed by atoms with E-state index in [1.807, 2.05) is 13.8 Å². The molecular formula is C45H62O7Si2. The highest BCUT2D eigenvalue weighted by Crippen LogP contribution is 2.67. The number of ketones is 1. The molecule has 3 aromatic rings. The molecule has 9 heteroatoms. The van der Waals surface area contributed by atoms with E-state index in [1.165, 1.54) is 15.6 Å². The molecule has 292 valence electrons. The van der Waals surface area contributed by atoms with Gasteiger partial charge in [0.25, 0.3) is 8.32 Å². The van der Waals surface area contributed by atoms with Crippen molar-refractivity contribution in [1.29, 1.82) is 0 Å². The summed E-state index contributed by atoms with van der Waals surface area (Å²) in [6.45, 7) is 18.6. The topological polar surface area (TPSA) is 97.8 Å². The van der Waals surface area contributed by atoms with E-state index >= 15 is 0 Å². The first kappa shape index (κ1) is 39.7. The van der Waals surface area contributed by atoms with Crippen molar-refractivity contribution >= 4 is 37.7 Å². The van der Waals surface area contributed by atoms with Crippen molar-refractivity contribution in [3.63, 3.8) is 0 Å². The number of epoxide rings is 1.